The zero-order valence-electron chi connectivity index (χ0n) is 17.4. The average molecular weight is 393 g/mol. The van der Waals surface area contributed by atoms with Crippen LogP contribution >= 0.6 is 0 Å². The van der Waals surface area contributed by atoms with Crippen molar-refractivity contribution < 1.29 is 14.2 Å². The second-order valence-electron chi connectivity index (χ2n) is 6.65. The van der Waals surface area contributed by atoms with Crippen LogP contribution in [0.4, 0.5) is 0 Å². The number of aryl methyl sites for hydroxylation is 1. The van der Waals surface area contributed by atoms with Gasteiger partial charge in [-0.2, -0.15) is 5.10 Å². The van der Waals surface area contributed by atoms with Crippen LogP contribution < -0.4 is 9.47 Å². The minimum atomic E-state index is 0.672. The number of ether oxygens (including phenoxy) is 3. The lowest BCUT2D eigenvalue weighted by atomic mass is 9.90. The van der Waals surface area contributed by atoms with Crippen molar-refractivity contribution >= 4 is 11.1 Å². The Hall–Kier alpha value is -3.12. The summed E-state index contributed by atoms with van der Waals surface area (Å²) in [6, 6.07) is 16.1. The Morgan fingerprint density at radius 1 is 0.862 bits per heavy atom. The molecule has 0 aliphatic carbocycles. The van der Waals surface area contributed by atoms with Crippen molar-refractivity contribution in [2.24, 2.45) is 0 Å². The van der Waals surface area contributed by atoms with Gasteiger partial charge < -0.3 is 14.2 Å². The molecule has 0 fully saturated rings. The number of hydrogen-bond donors (Lipinski definition) is 1. The number of aromatic amines is 1. The minimum Gasteiger partial charge on any atom is -0.497 e. The summed E-state index contributed by atoms with van der Waals surface area (Å²) in [4.78, 5) is 4.61. The second kappa shape index (κ2) is 9.89. The molecule has 0 spiro atoms. The van der Waals surface area contributed by atoms with Crippen LogP contribution in [-0.2, 0) is 4.74 Å². The van der Waals surface area contributed by atoms with E-state index in [0.717, 1.165) is 52.4 Å². The van der Waals surface area contributed by atoms with Gasteiger partial charge in [-0.15, -0.1) is 0 Å². The van der Waals surface area contributed by atoms with Crippen LogP contribution in [-0.4, -0.2) is 43.1 Å². The quantitative estimate of drug-likeness (QED) is 0.542. The summed E-state index contributed by atoms with van der Waals surface area (Å²) in [7, 11) is 5.05. The Kier molecular flexibility index (Phi) is 7.03. The topological polar surface area (TPSA) is 69.3 Å². The summed E-state index contributed by atoms with van der Waals surface area (Å²) < 4.78 is 15.9. The minimum absolute atomic E-state index is 0.672. The van der Waals surface area contributed by atoms with E-state index in [-0.39, 0.29) is 0 Å². The van der Waals surface area contributed by atoms with Crippen molar-refractivity contribution in [3.8, 4) is 11.5 Å². The molecule has 0 bridgehead atoms. The summed E-state index contributed by atoms with van der Waals surface area (Å²) in [5, 5.41) is 7.42. The number of benzene rings is 2. The Bertz CT molecular complexity index is 895. The fourth-order valence-corrected chi connectivity index (χ4v) is 3.25. The number of methoxy groups -OCH3 is 3. The van der Waals surface area contributed by atoms with Gasteiger partial charge in [-0.3, -0.25) is 5.10 Å². The first-order valence-corrected chi connectivity index (χ1v) is 9.56. The van der Waals surface area contributed by atoms with Crippen molar-refractivity contribution in [1.82, 2.24) is 15.2 Å². The molecule has 2 aromatic carbocycles. The van der Waals surface area contributed by atoms with E-state index < -0.39 is 0 Å². The van der Waals surface area contributed by atoms with Gasteiger partial charge in [-0.1, -0.05) is 24.3 Å². The predicted molar refractivity (Wildman–Crippen MR) is 114 cm³/mol. The van der Waals surface area contributed by atoms with Crippen molar-refractivity contribution in [1.29, 1.82) is 0 Å². The molecule has 0 saturated heterocycles. The van der Waals surface area contributed by atoms with E-state index in [0.29, 0.717) is 12.4 Å². The molecule has 3 rings (SSSR count). The fraction of sp³-hybridized carbons (Fsp3) is 0.304. The Morgan fingerprint density at radius 2 is 1.41 bits per heavy atom. The molecule has 0 amide bonds. The summed E-state index contributed by atoms with van der Waals surface area (Å²) in [6.45, 7) is 2.58. The molecule has 29 heavy (non-hydrogen) atoms. The molecule has 1 aromatic heterocycles. The molecule has 1 heterocycles. The van der Waals surface area contributed by atoms with E-state index in [1.807, 2.05) is 31.2 Å². The smallest absolute Gasteiger partial charge is 0.177 e. The van der Waals surface area contributed by atoms with Gasteiger partial charge in [0.15, 0.2) is 5.82 Å². The number of nitrogens with zero attached hydrogens (tertiary/aromatic N) is 2. The second-order valence-corrected chi connectivity index (χ2v) is 6.65. The fourth-order valence-electron chi connectivity index (χ4n) is 3.25. The number of H-pyrrole nitrogens is 1. The standard InChI is InChI=1S/C23H27N3O3/c1-16-24-23(26-25-16)21(6-5-15-27-2)22(17-7-11-19(28-3)12-8-17)18-9-13-20(29-4)14-10-18/h7-14H,5-6,15H2,1-4H3,(H,24,25,26). The van der Waals surface area contributed by atoms with Crippen LogP contribution in [0.3, 0.4) is 0 Å². The van der Waals surface area contributed by atoms with E-state index in [4.69, 9.17) is 14.2 Å². The van der Waals surface area contributed by atoms with Crippen molar-refractivity contribution in [3.63, 3.8) is 0 Å². The van der Waals surface area contributed by atoms with E-state index in [2.05, 4.69) is 39.4 Å². The van der Waals surface area contributed by atoms with Crippen LogP contribution in [0.1, 0.15) is 35.6 Å². The summed E-state index contributed by atoms with van der Waals surface area (Å²) >= 11 is 0. The summed E-state index contributed by atoms with van der Waals surface area (Å²) in [5.41, 5.74) is 4.31. The number of aromatic nitrogens is 3. The van der Waals surface area contributed by atoms with Gasteiger partial charge in [0.1, 0.15) is 17.3 Å². The molecule has 152 valence electrons. The van der Waals surface area contributed by atoms with Crippen LogP contribution in [0.5, 0.6) is 11.5 Å². The van der Waals surface area contributed by atoms with Gasteiger partial charge in [0.2, 0.25) is 0 Å². The molecule has 0 radical (unpaired) electrons. The maximum atomic E-state index is 5.33. The van der Waals surface area contributed by atoms with E-state index in [9.17, 15) is 0 Å². The van der Waals surface area contributed by atoms with E-state index in [1.54, 1.807) is 21.3 Å². The maximum absolute atomic E-state index is 5.33. The zero-order valence-corrected chi connectivity index (χ0v) is 17.4. The monoisotopic (exact) mass is 393 g/mol. The molecule has 0 atom stereocenters. The largest absolute Gasteiger partial charge is 0.497 e. The molecular weight excluding hydrogens is 366 g/mol. The highest BCUT2D eigenvalue weighted by molar-refractivity contribution is 5.97. The van der Waals surface area contributed by atoms with Crippen LogP contribution in [0.15, 0.2) is 48.5 Å². The van der Waals surface area contributed by atoms with Gasteiger partial charge >= 0.3 is 0 Å². The first kappa shape index (κ1) is 20.6. The number of allylic oxidation sites excluding steroid dienone is 1. The van der Waals surface area contributed by atoms with Gasteiger partial charge in [0.05, 0.1) is 14.2 Å². The summed E-state index contributed by atoms with van der Waals surface area (Å²) in [6.07, 6.45) is 1.66. The highest BCUT2D eigenvalue weighted by atomic mass is 16.5. The van der Waals surface area contributed by atoms with Crippen molar-refractivity contribution in [2.45, 2.75) is 19.8 Å². The molecule has 0 saturated carbocycles. The molecule has 6 heteroatoms. The lowest BCUT2D eigenvalue weighted by Crippen LogP contribution is -2.00. The number of rotatable bonds is 9. The third-order valence-corrected chi connectivity index (χ3v) is 4.70. The SMILES string of the molecule is COCCCC(=C(c1ccc(OC)cc1)c1ccc(OC)cc1)c1n[nH]c(C)n1. The third-order valence-electron chi connectivity index (χ3n) is 4.70. The Labute approximate surface area is 171 Å². The molecule has 0 aliphatic rings. The zero-order chi connectivity index (χ0) is 20.6. The van der Waals surface area contributed by atoms with Crippen LogP contribution in [0.2, 0.25) is 0 Å². The molecular formula is C23H27N3O3. The highest BCUT2D eigenvalue weighted by Gasteiger charge is 2.17. The Morgan fingerprint density at radius 3 is 1.83 bits per heavy atom. The molecule has 0 unspecified atom stereocenters. The highest BCUT2D eigenvalue weighted by Crippen LogP contribution is 2.35. The first-order chi connectivity index (χ1) is 14.2. The molecule has 6 nitrogen and oxygen atoms in total. The third kappa shape index (κ3) is 5.03. The van der Waals surface area contributed by atoms with Gasteiger partial charge in [0.25, 0.3) is 0 Å². The molecule has 3 aromatic rings. The maximum Gasteiger partial charge on any atom is 0.177 e. The van der Waals surface area contributed by atoms with Crippen molar-refractivity contribution in [3.05, 3.63) is 71.3 Å². The van der Waals surface area contributed by atoms with Gasteiger partial charge in [-0.05, 0) is 60.7 Å². The lowest BCUT2D eigenvalue weighted by Gasteiger charge is -2.16. The number of nitrogens with one attached hydrogen (secondary N) is 1. The average Bonchev–Trinajstić information content (AvgIpc) is 3.20. The van der Waals surface area contributed by atoms with Crippen LogP contribution in [0.25, 0.3) is 11.1 Å². The van der Waals surface area contributed by atoms with Gasteiger partial charge in [0, 0.05) is 19.3 Å². The van der Waals surface area contributed by atoms with E-state index >= 15 is 0 Å². The van der Waals surface area contributed by atoms with Crippen molar-refractivity contribution in [2.75, 3.05) is 27.9 Å². The van der Waals surface area contributed by atoms with E-state index in [1.165, 1.54) is 0 Å². The lowest BCUT2D eigenvalue weighted by molar-refractivity contribution is 0.196. The number of hydrogen-bond acceptors (Lipinski definition) is 5. The normalized spacial score (nSPS) is 10.6. The first-order valence-electron chi connectivity index (χ1n) is 9.56. The molecule has 0 aliphatic heterocycles. The van der Waals surface area contributed by atoms with Gasteiger partial charge in [-0.25, -0.2) is 4.98 Å². The molecule has 1 N–H and O–H groups in total. The summed E-state index contributed by atoms with van der Waals surface area (Å²) in [5.74, 6) is 3.13. The predicted octanol–water partition coefficient (Wildman–Crippen LogP) is 4.52. The van der Waals surface area contributed by atoms with Crippen LogP contribution in [0, 0.1) is 6.92 Å². The Balaban J connectivity index is 2.18.